The zero-order chi connectivity index (χ0) is 22.6. The Labute approximate surface area is 185 Å². The first-order chi connectivity index (χ1) is 14.5. The van der Waals surface area contributed by atoms with Crippen LogP contribution in [0.15, 0.2) is 28.9 Å². The van der Waals surface area contributed by atoms with Gasteiger partial charge in [0.1, 0.15) is 0 Å². The molecule has 1 aliphatic carbocycles. The summed E-state index contributed by atoms with van der Waals surface area (Å²) < 4.78 is 17.9. The SMILES string of the molecule is COC(=O)/C=C/c1coc2c(O[Si](C)(C)C(C)(C)C)c3c4c(ccc3c(C)c12)CCC4. The highest BCUT2D eigenvalue weighted by atomic mass is 28.4. The summed E-state index contributed by atoms with van der Waals surface area (Å²) in [4.78, 5) is 11.7. The third kappa shape index (κ3) is 3.59. The van der Waals surface area contributed by atoms with Crippen LogP contribution in [0.2, 0.25) is 18.1 Å². The maximum absolute atomic E-state index is 11.7. The fraction of sp³-hybridized carbons (Fsp3) is 0.423. The molecule has 1 heterocycles. The van der Waals surface area contributed by atoms with Gasteiger partial charge in [-0.3, -0.25) is 0 Å². The summed E-state index contributed by atoms with van der Waals surface area (Å²) in [6.07, 6.45) is 8.28. The molecule has 0 saturated carbocycles. The first-order valence-electron chi connectivity index (χ1n) is 11.0. The molecule has 0 amide bonds. The van der Waals surface area contributed by atoms with Crippen LogP contribution in [0.1, 0.15) is 49.4 Å². The van der Waals surface area contributed by atoms with Crippen LogP contribution in [0.5, 0.6) is 5.75 Å². The lowest BCUT2D eigenvalue weighted by molar-refractivity contribution is -0.134. The number of furan rings is 1. The van der Waals surface area contributed by atoms with Crippen molar-refractivity contribution in [1.29, 1.82) is 0 Å². The van der Waals surface area contributed by atoms with E-state index >= 15 is 0 Å². The summed E-state index contributed by atoms with van der Waals surface area (Å²) in [5, 5.41) is 3.48. The molecule has 0 aliphatic heterocycles. The molecule has 2 aromatic carbocycles. The monoisotopic (exact) mass is 436 g/mol. The minimum Gasteiger partial charge on any atom is -0.541 e. The van der Waals surface area contributed by atoms with Gasteiger partial charge in [-0.2, -0.15) is 0 Å². The molecule has 4 nitrogen and oxygen atoms in total. The highest BCUT2D eigenvalue weighted by Crippen LogP contribution is 2.47. The normalized spacial score (nSPS) is 14.5. The molecule has 4 rings (SSSR count). The van der Waals surface area contributed by atoms with E-state index < -0.39 is 8.32 Å². The Bertz CT molecular complexity index is 1210. The molecule has 0 atom stereocenters. The number of ether oxygens (including phenoxy) is 1. The molecule has 0 saturated heterocycles. The van der Waals surface area contributed by atoms with Crippen molar-refractivity contribution in [3.8, 4) is 5.75 Å². The van der Waals surface area contributed by atoms with Gasteiger partial charge in [0.25, 0.3) is 8.32 Å². The first kappa shape index (κ1) is 21.7. The molecule has 1 aromatic heterocycles. The number of carbonyl (C=O) groups excluding carboxylic acids is 1. The average molecular weight is 437 g/mol. The van der Waals surface area contributed by atoms with E-state index in [1.165, 1.54) is 41.5 Å². The van der Waals surface area contributed by atoms with Crippen molar-refractivity contribution in [2.45, 2.75) is 65.1 Å². The topological polar surface area (TPSA) is 48.7 Å². The van der Waals surface area contributed by atoms with Crippen molar-refractivity contribution < 1.29 is 18.4 Å². The van der Waals surface area contributed by atoms with Crippen LogP contribution in [-0.2, 0) is 22.4 Å². The van der Waals surface area contributed by atoms with Gasteiger partial charge in [0.15, 0.2) is 11.3 Å². The summed E-state index contributed by atoms with van der Waals surface area (Å²) in [6, 6.07) is 4.50. The molecular weight excluding hydrogens is 404 g/mol. The van der Waals surface area contributed by atoms with Crippen molar-refractivity contribution in [3.05, 3.63) is 46.7 Å². The molecule has 5 heteroatoms. The fourth-order valence-electron chi connectivity index (χ4n) is 4.27. The molecule has 0 radical (unpaired) electrons. The molecule has 3 aromatic rings. The lowest BCUT2D eigenvalue weighted by Gasteiger charge is -2.37. The van der Waals surface area contributed by atoms with Gasteiger partial charge < -0.3 is 13.6 Å². The predicted molar refractivity (Wildman–Crippen MR) is 129 cm³/mol. The van der Waals surface area contributed by atoms with Crippen LogP contribution in [-0.4, -0.2) is 21.4 Å². The summed E-state index contributed by atoms with van der Waals surface area (Å²) in [6.45, 7) is 13.4. The number of hydrogen-bond donors (Lipinski definition) is 0. The van der Waals surface area contributed by atoms with Gasteiger partial charge in [0, 0.05) is 22.4 Å². The van der Waals surface area contributed by atoms with E-state index in [1.54, 1.807) is 12.3 Å². The van der Waals surface area contributed by atoms with Crippen molar-refractivity contribution >= 4 is 42.1 Å². The Morgan fingerprint density at radius 3 is 2.58 bits per heavy atom. The van der Waals surface area contributed by atoms with Gasteiger partial charge in [-0.15, -0.1) is 0 Å². The zero-order valence-corrected chi connectivity index (χ0v) is 20.6. The summed E-state index contributed by atoms with van der Waals surface area (Å²) in [5.41, 5.74) is 5.61. The molecule has 0 N–H and O–H groups in total. The largest absolute Gasteiger partial charge is 0.541 e. The van der Waals surface area contributed by atoms with E-state index in [1.807, 2.05) is 0 Å². The number of benzene rings is 2. The highest BCUT2D eigenvalue weighted by molar-refractivity contribution is 6.75. The van der Waals surface area contributed by atoms with Crippen molar-refractivity contribution in [1.82, 2.24) is 0 Å². The molecular formula is C26H32O4Si. The number of aryl methyl sites for hydroxylation is 3. The quantitative estimate of drug-likeness (QED) is 0.252. The standard InChI is InChI=1S/C26H32O4Si/c1-16-19-13-11-17-9-8-10-20(17)23(19)25(30-31(6,7)26(2,3)4)24-22(16)18(15-29-24)12-14-21(27)28-5/h11-15H,8-10H2,1-7H3/b14-12+. The molecule has 164 valence electrons. The Balaban J connectivity index is 2.05. The minimum atomic E-state index is -2.12. The smallest absolute Gasteiger partial charge is 0.330 e. The van der Waals surface area contributed by atoms with Crippen molar-refractivity contribution in [2.24, 2.45) is 0 Å². The number of rotatable bonds is 4. The second-order valence-corrected chi connectivity index (χ2v) is 14.8. The third-order valence-electron chi connectivity index (χ3n) is 7.08. The summed E-state index contributed by atoms with van der Waals surface area (Å²) in [7, 11) is -0.736. The first-order valence-corrected chi connectivity index (χ1v) is 13.9. The van der Waals surface area contributed by atoms with E-state index in [0.717, 1.165) is 40.7 Å². The molecule has 31 heavy (non-hydrogen) atoms. The number of fused-ring (bicyclic) bond motifs is 4. The number of hydrogen-bond acceptors (Lipinski definition) is 4. The predicted octanol–water partition coefficient (Wildman–Crippen LogP) is 6.95. The highest BCUT2D eigenvalue weighted by Gasteiger charge is 2.40. The van der Waals surface area contributed by atoms with Crippen LogP contribution in [0, 0.1) is 6.92 Å². The van der Waals surface area contributed by atoms with Crippen LogP contribution in [0.25, 0.3) is 27.8 Å². The molecule has 0 unspecified atom stereocenters. The summed E-state index contributed by atoms with van der Waals surface area (Å²) >= 11 is 0. The van der Waals surface area contributed by atoms with Crippen molar-refractivity contribution in [2.75, 3.05) is 7.11 Å². The number of esters is 1. The molecule has 0 spiro atoms. The lowest BCUT2D eigenvalue weighted by Crippen LogP contribution is -2.44. The zero-order valence-electron chi connectivity index (χ0n) is 19.6. The van der Waals surface area contributed by atoms with E-state index in [2.05, 4.69) is 52.9 Å². The van der Waals surface area contributed by atoms with E-state index in [9.17, 15) is 4.79 Å². The van der Waals surface area contributed by atoms with Gasteiger partial charge in [-0.1, -0.05) is 32.9 Å². The molecule has 0 bridgehead atoms. The summed E-state index contributed by atoms with van der Waals surface area (Å²) in [5.74, 6) is 0.488. The van der Waals surface area contributed by atoms with Gasteiger partial charge in [-0.05, 0) is 72.5 Å². The van der Waals surface area contributed by atoms with E-state index in [-0.39, 0.29) is 11.0 Å². The molecule has 0 fully saturated rings. The van der Waals surface area contributed by atoms with E-state index in [4.69, 9.17) is 13.6 Å². The van der Waals surface area contributed by atoms with Gasteiger partial charge in [-0.25, -0.2) is 4.79 Å². The second-order valence-electron chi connectivity index (χ2n) is 10.0. The fourth-order valence-corrected chi connectivity index (χ4v) is 5.28. The number of methoxy groups -OCH3 is 1. The Morgan fingerprint density at radius 2 is 1.90 bits per heavy atom. The van der Waals surface area contributed by atoms with Crippen LogP contribution < -0.4 is 4.43 Å². The second kappa shape index (κ2) is 7.55. The average Bonchev–Trinajstić information content (AvgIpc) is 3.34. The van der Waals surface area contributed by atoms with Gasteiger partial charge in [0.2, 0.25) is 0 Å². The maximum atomic E-state index is 11.7. The third-order valence-corrected chi connectivity index (χ3v) is 11.4. The van der Waals surface area contributed by atoms with E-state index in [0.29, 0.717) is 0 Å². The number of carbonyl (C=O) groups is 1. The lowest BCUT2D eigenvalue weighted by atomic mass is 9.93. The van der Waals surface area contributed by atoms with Crippen molar-refractivity contribution in [3.63, 3.8) is 0 Å². The van der Waals surface area contributed by atoms with Crippen LogP contribution in [0.3, 0.4) is 0 Å². The van der Waals surface area contributed by atoms with Crippen LogP contribution >= 0.6 is 0 Å². The van der Waals surface area contributed by atoms with Crippen LogP contribution in [0.4, 0.5) is 0 Å². The van der Waals surface area contributed by atoms with Gasteiger partial charge >= 0.3 is 5.97 Å². The van der Waals surface area contributed by atoms with Gasteiger partial charge in [0.05, 0.1) is 13.4 Å². The Hall–Kier alpha value is -2.53. The maximum Gasteiger partial charge on any atom is 0.330 e. The minimum absolute atomic E-state index is 0.0642. The Morgan fingerprint density at radius 1 is 1.16 bits per heavy atom. The Kier molecular flexibility index (Phi) is 5.29. The molecule has 1 aliphatic rings.